The molecule has 0 spiro atoms. The Morgan fingerprint density at radius 2 is 1.50 bits per heavy atom. The Kier molecular flexibility index (Phi) is 3.29. The SMILES string of the molecule is Nc1ccc(Nc2ccccc2-c2ccccc2)nn1. The van der Waals surface area contributed by atoms with E-state index in [4.69, 9.17) is 5.73 Å². The Morgan fingerprint density at radius 1 is 0.750 bits per heavy atom. The van der Waals surface area contributed by atoms with Gasteiger partial charge in [-0.05, 0) is 23.8 Å². The quantitative estimate of drug-likeness (QED) is 0.758. The third kappa shape index (κ3) is 2.59. The van der Waals surface area contributed by atoms with Crippen LogP contribution in [0.15, 0.2) is 66.7 Å². The number of hydrogen-bond acceptors (Lipinski definition) is 4. The molecule has 1 heterocycles. The first-order chi connectivity index (χ1) is 9.83. The van der Waals surface area contributed by atoms with Crippen LogP contribution in [-0.2, 0) is 0 Å². The molecule has 0 saturated heterocycles. The van der Waals surface area contributed by atoms with E-state index >= 15 is 0 Å². The molecule has 0 radical (unpaired) electrons. The summed E-state index contributed by atoms with van der Waals surface area (Å²) < 4.78 is 0. The number of nitrogens with two attached hydrogens (primary N) is 1. The smallest absolute Gasteiger partial charge is 0.153 e. The van der Waals surface area contributed by atoms with Crippen LogP contribution in [0.3, 0.4) is 0 Å². The number of anilines is 3. The van der Waals surface area contributed by atoms with Crippen LogP contribution in [0.2, 0.25) is 0 Å². The third-order valence-electron chi connectivity index (χ3n) is 2.96. The van der Waals surface area contributed by atoms with Crippen LogP contribution in [0.25, 0.3) is 11.1 Å². The number of para-hydroxylation sites is 1. The van der Waals surface area contributed by atoms with Gasteiger partial charge in [-0.15, -0.1) is 10.2 Å². The molecule has 0 bridgehead atoms. The fourth-order valence-corrected chi connectivity index (χ4v) is 2.01. The Hall–Kier alpha value is -2.88. The molecule has 3 rings (SSSR count). The molecule has 0 saturated carbocycles. The van der Waals surface area contributed by atoms with Crippen LogP contribution in [0.1, 0.15) is 0 Å². The van der Waals surface area contributed by atoms with E-state index in [9.17, 15) is 0 Å². The standard InChI is InChI=1S/C16H14N4/c17-15-10-11-16(20-19-15)18-14-9-5-4-8-13(14)12-6-2-1-3-7-12/h1-11H,(H2,17,19)(H,18,20). The Balaban J connectivity index is 1.96. The predicted molar refractivity (Wildman–Crippen MR) is 81.6 cm³/mol. The number of nitrogens with zero attached hydrogens (tertiary/aromatic N) is 2. The van der Waals surface area contributed by atoms with Gasteiger partial charge in [0.2, 0.25) is 0 Å². The lowest BCUT2D eigenvalue weighted by molar-refractivity contribution is 1.05. The van der Waals surface area contributed by atoms with Gasteiger partial charge in [-0.3, -0.25) is 0 Å². The first-order valence-corrected chi connectivity index (χ1v) is 6.33. The molecule has 4 heteroatoms. The molecular formula is C16H14N4. The molecule has 3 aromatic rings. The summed E-state index contributed by atoms with van der Waals surface area (Å²) in [6, 6.07) is 21.8. The molecule has 4 nitrogen and oxygen atoms in total. The number of aromatic nitrogens is 2. The van der Waals surface area contributed by atoms with Gasteiger partial charge in [-0.1, -0.05) is 48.5 Å². The van der Waals surface area contributed by atoms with Crippen LogP contribution < -0.4 is 11.1 Å². The second-order valence-electron chi connectivity index (χ2n) is 4.38. The normalized spacial score (nSPS) is 10.2. The third-order valence-corrected chi connectivity index (χ3v) is 2.96. The maximum Gasteiger partial charge on any atom is 0.153 e. The molecule has 0 fully saturated rings. The summed E-state index contributed by atoms with van der Waals surface area (Å²) in [6.45, 7) is 0. The zero-order chi connectivity index (χ0) is 13.8. The van der Waals surface area contributed by atoms with Crippen molar-refractivity contribution >= 4 is 17.3 Å². The van der Waals surface area contributed by atoms with Crippen LogP contribution in [0, 0.1) is 0 Å². The van der Waals surface area contributed by atoms with Crippen molar-refractivity contribution in [3.05, 3.63) is 66.7 Å². The molecule has 0 aliphatic heterocycles. The largest absolute Gasteiger partial charge is 0.382 e. The van der Waals surface area contributed by atoms with Gasteiger partial charge in [0.15, 0.2) is 5.82 Å². The van der Waals surface area contributed by atoms with Gasteiger partial charge >= 0.3 is 0 Å². The lowest BCUT2D eigenvalue weighted by Crippen LogP contribution is -1.99. The van der Waals surface area contributed by atoms with Gasteiger partial charge in [0, 0.05) is 11.3 Å². The van der Waals surface area contributed by atoms with Gasteiger partial charge in [0.05, 0.1) is 0 Å². The first-order valence-electron chi connectivity index (χ1n) is 6.33. The number of nitrogen functional groups attached to an aromatic ring is 1. The van der Waals surface area contributed by atoms with E-state index in [0.29, 0.717) is 11.6 Å². The highest BCUT2D eigenvalue weighted by Gasteiger charge is 2.05. The minimum Gasteiger partial charge on any atom is -0.382 e. The first kappa shape index (κ1) is 12.2. The fourth-order valence-electron chi connectivity index (χ4n) is 2.01. The van der Waals surface area contributed by atoms with E-state index in [1.54, 1.807) is 6.07 Å². The summed E-state index contributed by atoms with van der Waals surface area (Å²) in [6.07, 6.45) is 0. The van der Waals surface area contributed by atoms with Crippen LogP contribution in [0.4, 0.5) is 17.3 Å². The van der Waals surface area contributed by atoms with Crippen LogP contribution in [-0.4, -0.2) is 10.2 Å². The van der Waals surface area contributed by atoms with E-state index < -0.39 is 0 Å². The van der Waals surface area contributed by atoms with Crippen molar-refractivity contribution in [1.29, 1.82) is 0 Å². The molecule has 0 atom stereocenters. The van der Waals surface area contributed by atoms with Crippen molar-refractivity contribution in [1.82, 2.24) is 10.2 Å². The Labute approximate surface area is 117 Å². The highest BCUT2D eigenvalue weighted by molar-refractivity contribution is 5.80. The zero-order valence-electron chi connectivity index (χ0n) is 10.8. The average molecular weight is 262 g/mol. The number of benzene rings is 2. The van der Waals surface area contributed by atoms with Crippen molar-refractivity contribution in [3.63, 3.8) is 0 Å². The molecule has 0 amide bonds. The van der Waals surface area contributed by atoms with Crippen molar-refractivity contribution in [3.8, 4) is 11.1 Å². The van der Waals surface area contributed by atoms with Crippen molar-refractivity contribution in [2.75, 3.05) is 11.1 Å². The fraction of sp³-hybridized carbons (Fsp3) is 0. The van der Waals surface area contributed by atoms with Gasteiger partial charge in [-0.2, -0.15) is 0 Å². The van der Waals surface area contributed by atoms with Crippen LogP contribution >= 0.6 is 0 Å². The van der Waals surface area contributed by atoms with Crippen molar-refractivity contribution in [2.45, 2.75) is 0 Å². The number of hydrogen-bond donors (Lipinski definition) is 2. The minimum absolute atomic E-state index is 0.409. The Morgan fingerprint density at radius 3 is 2.25 bits per heavy atom. The zero-order valence-corrected chi connectivity index (χ0v) is 10.8. The summed E-state index contributed by atoms with van der Waals surface area (Å²) in [5.41, 5.74) is 8.79. The van der Waals surface area contributed by atoms with Gasteiger partial charge < -0.3 is 11.1 Å². The summed E-state index contributed by atoms with van der Waals surface area (Å²) in [5.74, 6) is 1.08. The predicted octanol–water partition coefficient (Wildman–Crippen LogP) is 3.47. The summed E-state index contributed by atoms with van der Waals surface area (Å²) in [4.78, 5) is 0. The molecule has 1 aromatic heterocycles. The maximum atomic E-state index is 5.54. The molecule has 98 valence electrons. The molecule has 0 aliphatic rings. The van der Waals surface area contributed by atoms with Crippen molar-refractivity contribution < 1.29 is 0 Å². The monoisotopic (exact) mass is 262 g/mol. The lowest BCUT2D eigenvalue weighted by atomic mass is 10.0. The van der Waals surface area contributed by atoms with E-state index in [0.717, 1.165) is 16.8 Å². The highest BCUT2D eigenvalue weighted by atomic mass is 15.2. The summed E-state index contributed by atoms with van der Waals surface area (Å²) in [5, 5.41) is 11.1. The summed E-state index contributed by atoms with van der Waals surface area (Å²) >= 11 is 0. The van der Waals surface area contributed by atoms with E-state index in [1.807, 2.05) is 42.5 Å². The maximum absolute atomic E-state index is 5.54. The molecule has 0 aliphatic carbocycles. The van der Waals surface area contributed by atoms with Gasteiger partial charge in [-0.25, -0.2) is 0 Å². The van der Waals surface area contributed by atoms with Gasteiger partial charge in [0.1, 0.15) is 5.82 Å². The highest BCUT2D eigenvalue weighted by Crippen LogP contribution is 2.29. The van der Waals surface area contributed by atoms with E-state index in [2.05, 4.69) is 33.7 Å². The average Bonchev–Trinajstić information content (AvgIpc) is 2.51. The number of rotatable bonds is 3. The summed E-state index contributed by atoms with van der Waals surface area (Å²) in [7, 11) is 0. The lowest BCUT2D eigenvalue weighted by Gasteiger charge is -2.11. The molecule has 3 N–H and O–H groups in total. The topological polar surface area (TPSA) is 63.8 Å². The number of nitrogens with one attached hydrogen (secondary N) is 1. The molecule has 20 heavy (non-hydrogen) atoms. The van der Waals surface area contributed by atoms with Crippen molar-refractivity contribution in [2.24, 2.45) is 0 Å². The second kappa shape index (κ2) is 5.40. The molecule has 2 aromatic carbocycles. The van der Waals surface area contributed by atoms with Crippen LogP contribution in [0.5, 0.6) is 0 Å². The second-order valence-corrected chi connectivity index (χ2v) is 4.38. The van der Waals surface area contributed by atoms with E-state index in [-0.39, 0.29) is 0 Å². The molecule has 0 unspecified atom stereocenters. The minimum atomic E-state index is 0.409. The Bertz CT molecular complexity index is 693. The van der Waals surface area contributed by atoms with Gasteiger partial charge in [0.25, 0.3) is 0 Å². The van der Waals surface area contributed by atoms with E-state index in [1.165, 1.54) is 0 Å². The molecular weight excluding hydrogens is 248 g/mol.